The van der Waals surface area contributed by atoms with Crippen LogP contribution < -0.4 is 11.0 Å². The lowest BCUT2D eigenvalue weighted by atomic mass is 10.1. The van der Waals surface area contributed by atoms with Crippen LogP contribution >= 0.6 is 11.5 Å². The van der Waals surface area contributed by atoms with E-state index in [0.29, 0.717) is 12.8 Å². The molecule has 0 radical (unpaired) electrons. The second-order valence-corrected chi connectivity index (χ2v) is 7.70. The van der Waals surface area contributed by atoms with E-state index < -0.39 is 0 Å². The van der Waals surface area contributed by atoms with E-state index in [2.05, 4.69) is 14.9 Å². The summed E-state index contributed by atoms with van der Waals surface area (Å²) in [4.78, 5) is 24.6. The van der Waals surface area contributed by atoms with Gasteiger partial charge in [0.1, 0.15) is 5.69 Å². The number of aryl methyl sites for hydroxylation is 4. The fraction of sp³-hybridized carbons (Fsp3) is 0.238. The van der Waals surface area contributed by atoms with Crippen molar-refractivity contribution in [3.8, 4) is 11.3 Å². The molecule has 0 bridgehead atoms. The number of nitrogens with zero attached hydrogens (tertiary/aromatic N) is 4. The maximum absolute atomic E-state index is 12.5. The molecule has 0 aliphatic rings. The van der Waals surface area contributed by atoms with Crippen LogP contribution in [0.3, 0.4) is 0 Å². The summed E-state index contributed by atoms with van der Waals surface area (Å²) in [6.07, 6.45) is 0.952. The summed E-state index contributed by atoms with van der Waals surface area (Å²) in [5, 5.41) is 8.96. The molecular weight excluding hydrogens is 386 g/mol. The number of aromatic nitrogens is 4. The third-order valence-electron chi connectivity index (χ3n) is 5.14. The van der Waals surface area contributed by atoms with Crippen LogP contribution in [0.25, 0.3) is 22.3 Å². The quantitative estimate of drug-likeness (QED) is 0.550. The van der Waals surface area contributed by atoms with Gasteiger partial charge in [0.15, 0.2) is 0 Å². The highest BCUT2D eigenvalue weighted by atomic mass is 32.1. The standard InChI is InChI=1S/C21H21N5O2S/c1-13-4-7-15(17-12-29-24-23-17)11-16(13)22-20(27)9-6-14-5-8-18-19(10-14)26(3)21(28)25(18)2/h4-5,7-8,10-12H,6,9H2,1-3H3,(H,22,27). The van der Waals surface area contributed by atoms with Crippen LogP contribution in [-0.2, 0) is 25.3 Å². The minimum absolute atomic E-state index is 0.0521. The largest absolute Gasteiger partial charge is 0.328 e. The minimum atomic E-state index is -0.0550. The average molecular weight is 407 g/mol. The van der Waals surface area contributed by atoms with Crippen molar-refractivity contribution in [2.24, 2.45) is 14.1 Å². The van der Waals surface area contributed by atoms with Gasteiger partial charge >= 0.3 is 5.69 Å². The van der Waals surface area contributed by atoms with E-state index in [4.69, 9.17) is 0 Å². The van der Waals surface area contributed by atoms with Crippen LogP contribution in [0.15, 0.2) is 46.6 Å². The summed E-state index contributed by atoms with van der Waals surface area (Å²) in [6, 6.07) is 11.7. The number of anilines is 1. The summed E-state index contributed by atoms with van der Waals surface area (Å²) in [5.41, 5.74) is 6.22. The minimum Gasteiger partial charge on any atom is -0.326 e. The van der Waals surface area contributed by atoms with E-state index in [1.54, 1.807) is 23.2 Å². The molecule has 2 aromatic carbocycles. The van der Waals surface area contributed by atoms with E-state index in [1.807, 2.05) is 48.7 Å². The number of nitrogens with one attached hydrogen (secondary N) is 1. The smallest absolute Gasteiger partial charge is 0.326 e. The summed E-state index contributed by atoms with van der Waals surface area (Å²) >= 11 is 1.30. The fourth-order valence-corrected chi connectivity index (χ4v) is 3.85. The Labute approximate surface area is 171 Å². The molecule has 8 heteroatoms. The molecule has 1 amide bonds. The summed E-state index contributed by atoms with van der Waals surface area (Å²) < 4.78 is 7.14. The molecule has 2 aromatic heterocycles. The van der Waals surface area contributed by atoms with Crippen molar-refractivity contribution in [3.05, 3.63) is 63.4 Å². The highest BCUT2D eigenvalue weighted by Gasteiger charge is 2.11. The van der Waals surface area contributed by atoms with Gasteiger partial charge in [0.05, 0.1) is 11.0 Å². The maximum atomic E-state index is 12.5. The fourth-order valence-electron chi connectivity index (χ4n) is 3.38. The second kappa shape index (κ2) is 7.63. The predicted molar refractivity (Wildman–Crippen MR) is 115 cm³/mol. The molecule has 0 saturated carbocycles. The number of fused-ring (bicyclic) bond motifs is 1. The molecule has 148 valence electrons. The van der Waals surface area contributed by atoms with Crippen molar-refractivity contribution in [1.82, 2.24) is 18.7 Å². The lowest BCUT2D eigenvalue weighted by Gasteiger charge is -2.10. The third-order valence-corrected chi connectivity index (χ3v) is 5.65. The number of carbonyl (C=O) groups excluding carboxylic acids is 1. The summed E-state index contributed by atoms with van der Waals surface area (Å²) in [6.45, 7) is 1.96. The van der Waals surface area contributed by atoms with Crippen LogP contribution in [0, 0.1) is 6.92 Å². The number of imidazole rings is 1. The molecule has 0 fully saturated rings. The Bertz CT molecular complexity index is 1250. The van der Waals surface area contributed by atoms with Gasteiger partial charge in [-0.25, -0.2) is 4.79 Å². The summed E-state index contributed by atoms with van der Waals surface area (Å²) in [7, 11) is 3.52. The molecule has 0 aliphatic heterocycles. The Morgan fingerprint density at radius 2 is 1.90 bits per heavy atom. The lowest BCUT2D eigenvalue weighted by Crippen LogP contribution is -2.19. The van der Waals surface area contributed by atoms with Crippen molar-refractivity contribution < 1.29 is 4.79 Å². The SMILES string of the molecule is Cc1ccc(-c2csnn2)cc1NC(=O)CCc1ccc2c(c1)n(C)c(=O)n2C. The number of hydrogen-bond donors (Lipinski definition) is 1. The van der Waals surface area contributed by atoms with E-state index >= 15 is 0 Å². The van der Waals surface area contributed by atoms with Gasteiger partial charge in [-0.15, -0.1) is 5.10 Å². The molecule has 0 unspecified atom stereocenters. The van der Waals surface area contributed by atoms with Gasteiger partial charge < -0.3 is 5.32 Å². The molecule has 7 nitrogen and oxygen atoms in total. The van der Waals surface area contributed by atoms with Gasteiger partial charge in [-0.3, -0.25) is 13.9 Å². The van der Waals surface area contributed by atoms with Crippen molar-refractivity contribution in [1.29, 1.82) is 0 Å². The lowest BCUT2D eigenvalue weighted by molar-refractivity contribution is -0.116. The number of hydrogen-bond acceptors (Lipinski definition) is 5. The molecule has 1 N–H and O–H groups in total. The van der Waals surface area contributed by atoms with Gasteiger partial charge in [0.2, 0.25) is 5.91 Å². The Kier molecular flexibility index (Phi) is 5.02. The van der Waals surface area contributed by atoms with E-state index in [0.717, 1.165) is 39.1 Å². The van der Waals surface area contributed by atoms with Crippen LogP contribution in [0.2, 0.25) is 0 Å². The first-order chi connectivity index (χ1) is 13.9. The first-order valence-electron chi connectivity index (χ1n) is 9.26. The van der Waals surface area contributed by atoms with Crippen LogP contribution in [-0.4, -0.2) is 24.6 Å². The monoisotopic (exact) mass is 407 g/mol. The van der Waals surface area contributed by atoms with Gasteiger partial charge in [0, 0.05) is 37.1 Å². The number of carbonyl (C=O) groups is 1. The Morgan fingerprint density at radius 1 is 1.10 bits per heavy atom. The van der Waals surface area contributed by atoms with E-state index in [-0.39, 0.29) is 11.6 Å². The number of benzene rings is 2. The van der Waals surface area contributed by atoms with Gasteiger partial charge in [-0.05, 0) is 54.2 Å². The first kappa shape index (κ1) is 19.1. The Hall–Kier alpha value is -3.26. The average Bonchev–Trinajstić information content (AvgIpc) is 3.33. The normalized spacial score (nSPS) is 11.1. The molecule has 0 spiro atoms. The molecule has 0 aliphatic carbocycles. The van der Waals surface area contributed by atoms with Crippen molar-refractivity contribution in [3.63, 3.8) is 0 Å². The third kappa shape index (κ3) is 3.71. The molecule has 0 saturated heterocycles. The zero-order valence-corrected chi connectivity index (χ0v) is 17.3. The second-order valence-electron chi connectivity index (χ2n) is 7.09. The highest BCUT2D eigenvalue weighted by molar-refractivity contribution is 7.03. The molecule has 4 aromatic rings. The zero-order chi connectivity index (χ0) is 20.5. The molecule has 2 heterocycles. The van der Waals surface area contributed by atoms with Gasteiger partial charge in [-0.2, -0.15) is 0 Å². The topological polar surface area (TPSA) is 81.8 Å². The maximum Gasteiger partial charge on any atom is 0.328 e. The Morgan fingerprint density at radius 3 is 2.66 bits per heavy atom. The zero-order valence-electron chi connectivity index (χ0n) is 16.5. The number of rotatable bonds is 5. The van der Waals surface area contributed by atoms with Crippen LogP contribution in [0.1, 0.15) is 17.5 Å². The highest BCUT2D eigenvalue weighted by Crippen LogP contribution is 2.25. The number of amides is 1. The van der Waals surface area contributed by atoms with Crippen LogP contribution in [0.5, 0.6) is 0 Å². The van der Waals surface area contributed by atoms with E-state index in [1.165, 1.54) is 11.5 Å². The summed E-state index contributed by atoms with van der Waals surface area (Å²) in [5.74, 6) is -0.0521. The molecule has 4 rings (SSSR count). The van der Waals surface area contributed by atoms with Crippen molar-refractivity contribution in [2.45, 2.75) is 19.8 Å². The predicted octanol–water partition coefficient (Wildman–Crippen LogP) is 3.28. The van der Waals surface area contributed by atoms with Gasteiger partial charge in [0.25, 0.3) is 0 Å². The van der Waals surface area contributed by atoms with E-state index in [9.17, 15) is 9.59 Å². The first-order valence-corrected chi connectivity index (χ1v) is 10.1. The van der Waals surface area contributed by atoms with Crippen molar-refractivity contribution in [2.75, 3.05) is 5.32 Å². The van der Waals surface area contributed by atoms with Crippen molar-refractivity contribution >= 4 is 34.2 Å². The van der Waals surface area contributed by atoms with Crippen LogP contribution in [0.4, 0.5) is 5.69 Å². The molecule has 0 atom stereocenters. The molecular formula is C21H21N5O2S. The van der Waals surface area contributed by atoms with Gasteiger partial charge in [-0.1, -0.05) is 22.7 Å². The Balaban J connectivity index is 1.47. The molecule has 29 heavy (non-hydrogen) atoms.